The number of fused-ring (bicyclic) bond motifs is 6. The summed E-state index contributed by atoms with van der Waals surface area (Å²) in [7, 11) is 0. The van der Waals surface area contributed by atoms with E-state index in [4.69, 9.17) is 4.99 Å². The molecule has 4 heteroatoms. The molecule has 0 fully saturated rings. The zero-order valence-electron chi connectivity index (χ0n) is 21.2. The molecule has 1 N–H and O–H groups in total. The molecule has 2 heterocycles. The number of para-hydroxylation sites is 2. The molecule has 186 valence electrons. The fourth-order valence-electron chi connectivity index (χ4n) is 6.77. The highest BCUT2D eigenvalue weighted by molar-refractivity contribution is 9.10. The first kappa shape index (κ1) is 22.4. The number of halogens is 1. The Morgan fingerprint density at radius 3 is 2.58 bits per heavy atom. The fraction of sp³-hybridized carbons (Fsp3) is 0.206. The average Bonchev–Trinajstić information content (AvgIpc) is 3.37. The van der Waals surface area contributed by atoms with Crippen molar-refractivity contribution in [3.63, 3.8) is 0 Å². The van der Waals surface area contributed by atoms with Gasteiger partial charge in [0.25, 0.3) is 0 Å². The monoisotopic (exact) mass is 557 g/mol. The topological polar surface area (TPSA) is 27.6 Å². The van der Waals surface area contributed by atoms with Crippen molar-refractivity contribution in [3.05, 3.63) is 110 Å². The Morgan fingerprint density at radius 2 is 1.66 bits per heavy atom. The van der Waals surface area contributed by atoms with E-state index in [1.165, 1.54) is 59.3 Å². The molecule has 0 aromatic heterocycles. The van der Waals surface area contributed by atoms with E-state index in [2.05, 4.69) is 111 Å². The molecule has 0 radical (unpaired) electrons. The molecule has 0 saturated heterocycles. The second kappa shape index (κ2) is 8.71. The van der Waals surface area contributed by atoms with Crippen molar-refractivity contribution >= 4 is 61.6 Å². The van der Waals surface area contributed by atoms with Crippen LogP contribution < -0.4 is 20.7 Å². The van der Waals surface area contributed by atoms with Gasteiger partial charge < -0.3 is 5.32 Å². The van der Waals surface area contributed by atoms with E-state index < -0.39 is 0 Å². The van der Waals surface area contributed by atoms with Crippen molar-refractivity contribution in [1.29, 1.82) is 0 Å². The van der Waals surface area contributed by atoms with E-state index in [-0.39, 0.29) is 6.17 Å². The molecule has 0 saturated carbocycles. The van der Waals surface area contributed by atoms with Crippen molar-refractivity contribution < 1.29 is 0 Å². The Balaban J connectivity index is 1.33. The summed E-state index contributed by atoms with van der Waals surface area (Å²) in [5.41, 5.74) is 8.95. The molecule has 2 aliphatic heterocycles. The molecule has 3 aromatic rings. The molecule has 0 amide bonds. The third-order valence-electron chi connectivity index (χ3n) is 8.46. The van der Waals surface area contributed by atoms with Crippen LogP contribution in [0.3, 0.4) is 0 Å². The summed E-state index contributed by atoms with van der Waals surface area (Å²) in [6.45, 7) is 0. The Morgan fingerprint density at radius 1 is 0.842 bits per heavy atom. The fourth-order valence-corrected chi connectivity index (χ4v) is 7.49. The number of aliphatic imine (C=N–C) groups is 1. The van der Waals surface area contributed by atoms with Crippen LogP contribution in [0.4, 0.5) is 11.4 Å². The van der Waals surface area contributed by atoms with Crippen LogP contribution >= 0.6 is 15.9 Å². The lowest BCUT2D eigenvalue weighted by atomic mass is 9.86. The molecule has 3 aliphatic carbocycles. The Hall–Kier alpha value is -3.63. The number of rotatable bonds is 2. The van der Waals surface area contributed by atoms with Gasteiger partial charge in [-0.2, -0.15) is 0 Å². The van der Waals surface area contributed by atoms with Crippen molar-refractivity contribution in [3.8, 4) is 0 Å². The lowest BCUT2D eigenvalue weighted by molar-refractivity contribution is 0.768. The lowest BCUT2D eigenvalue weighted by Gasteiger charge is -2.36. The highest BCUT2D eigenvalue weighted by Crippen LogP contribution is 2.44. The number of allylic oxidation sites excluding steroid dienone is 4. The SMILES string of the molecule is Brc1c2c(c(C3=CC(C4=NC5=C(CCC=C5)C5Nc6ccccc6N45)=CCC3)c3ccccc13)=CCCC=2. The number of amidine groups is 1. The molecular weight excluding hydrogens is 530 g/mol. The second-order valence-electron chi connectivity index (χ2n) is 10.6. The third kappa shape index (κ3) is 3.29. The van der Waals surface area contributed by atoms with E-state index >= 15 is 0 Å². The quantitative estimate of drug-likeness (QED) is 0.357. The van der Waals surface area contributed by atoms with Gasteiger partial charge in [0, 0.05) is 10.0 Å². The number of hydrogen-bond acceptors (Lipinski definition) is 3. The number of nitrogens with one attached hydrogen (secondary N) is 1. The van der Waals surface area contributed by atoms with Gasteiger partial charge in [-0.05, 0) is 117 Å². The van der Waals surface area contributed by atoms with Crippen molar-refractivity contribution in [2.45, 2.75) is 44.7 Å². The minimum absolute atomic E-state index is 0.128. The molecule has 38 heavy (non-hydrogen) atoms. The summed E-state index contributed by atoms with van der Waals surface area (Å²) in [6, 6.07) is 17.5. The van der Waals surface area contributed by atoms with Gasteiger partial charge in [0.15, 0.2) is 0 Å². The maximum absolute atomic E-state index is 5.32. The van der Waals surface area contributed by atoms with Gasteiger partial charge >= 0.3 is 0 Å². The third-order valence-corrected chi connectivity index (χ3v) is 9.32. The second-order valence-corrected chi connectivity index (χ2v) is 11.4. The molecule has 0 spiro atoms. The van der Waals surface area contributed by atoms with Crippen LogP contribution in [0, 0.1) is 0 Å². The Kier molecular flexibility index (Phi) is 5.12. The molecule has 0 bridgehead atoms. The first-order chi connectivity index (χ1) is 18.8. The van der Waals surface area contributed by atoms with Gasteiger partial charge in [-0.1, -0.05) is 60.7 Å². The minimum Gasteiger partial charge on any atom is -0.360 e. The zero-order chi connectivity index (χ0) is 25.2. The first-order valence-corrected chi connectivity index (χ1v) is 14.5. The maximum Gasteiger partial charge on any atom is 0.142 e. The highest BCUT2D eigenvalue weighted by Gasteiger charge is 2.39. The predicted molar refractivity (Wildman–Crippen MR) is 164 cm³/mol. The summed E-state index contributed by atoms with van der Waals surface area (Å²) in [5, 5.41) is 9.15. The lowest BCUT2D eigenvalue weighted by Crippen LogP contribution is -2.45. The normalized spacial score (nSPS) is 21.2. The van der Waals surface area contributed by atoms with Gasteiger partial charge in [0.2, 0.25) is 0 Å². The number of nitrogens with zero attached hydrogens (tertiary/aromatic N) is 2. The number of benzene rings is 3. The van der Waals surface area contributed by atoms with Crippen LogP contribution in [0.1, 0.15) is 44.1 Å². The van der Waals surface area contributed by atoms with Crippen LogP contribution in [0.25, 0.3) is 28.5 Å². The molecule has 5 aliphatic rings. The predicted octanol–water partition coefficient (Wildman–Crippen LogP) is 7.34. The summed E-state index contributed by atoms with van der Waals surface area (Å²) in [4.78, 5) is 7.76. The zero-order valence-corrected chi connectivity index (χ0v) is 22.8. The Bertz CT molecular complexity index is 1820. The van der Waals surface area contributed by atoms with Crippen LogP contribution in [-0.4, -0.2) is 12.0 Å². The summed E-state index contributed by atoms with van der Waals surface area (Å²) >= 11 is 3.95. The van der Waals surface area contributed by atoms with Crippen molar-refractivity contribution in [1.82, 2.24) is 0 Å². The molecule has 1 unspecified atom stereocenters. The standard InChI is InChI=1S/C34H28BrN3/c35-32-25-14-3-1-12-23(25)31(24-13-2-4-15-26(24)32)21-10-9-11-22(20-21)33-36-28-17-6-5-16-27(28)34-37-29-18-7-8-19-30(29)38(33)34/h1,3,6-8,11-15,17-20,34,37H,2,4-5,9-10,16H2. The molecule has 1 atom stereocenters. The van der Waals surface area contributed by atoms with Crippen LogP contribution in [0.5, 0.6) is 0 Å². The number of anilines is 2. The average molecular weight is 559 g/mol. The van der Waals surface area contributed by atoms with Crippen molar-refractivity contribution in [2.24, 2.45) is 4.99 Å². The van der Waals surface area contributed by atoms with Crippen LogP contribution in [0.2, 0.25) is 0 Å². The van der Waals surface area contributed by atoms with E-state index in [9.17, 15) is 0 Å². The first-order valence-electron chi connectivity index (χ1n) is 13.7. The van der Waals surface area contributed by atoms with E-state index in [1.807, 2.05) is 0 Å². The molecule has 3 nitrogen and oxygen atoms in total. The summed E-state index contributed by atoms with van der Waals surface area (Å²) < 4.78 is 1.22. The van der Waals surface area contributed by atoms with Crippen LogP contribution in [-0.2, 0) is 0 Å². The Labute approximate surface area is 231 Å². The van der Waals surface area contributed by atoms with E-state index in [0.29, 0.717) is 0 Å². The summed E-state index contributed by atoms with van der Waals surface area (Å²) in [6.07, 6.45) is 20.6. The largest absolute Gasteiger partial charge is 0.360 e. The minimum atomic E-state index is 0.128. The van der Waals surface area contributed by atoms with Gasteiger partial charge in [-0.25, -0.2) is 4.99 Å². The van der Waals surface area contributed by atoms with E-state index in [0.717, 1.165) is 50.1 Å². The van der Waals surface area contributed by atoms with Crippen LogP contribution in [0.15, 0.2) is 99.1 Å². The summed E-state index contributed by atoms with van der Waals surface area (Å²) in [5.74, 6) is 1.06. The molecule has 8 rings (SSSR count). The van der Waals surface area contributed by atoms with Crippen molar-refractivity contribution in [2.75, 3.05) is 10.2 Å². The number of hydrogen-bond donors (Lipinski definition) is 1. The molecule has 3 aromatic carbocycles. The smallest absolute Gasteiger partial charge is 0.142 e. The van der Waals surface area contributed by atoms with Gasteiger partial charge in [0.1, 0.15) is 12.0 Å². The maximum atomic E-state index is 5.32. The highest BCUT2D eigenvalue weighted by atomic mass is 79.9. The van der Waals surface area contributed by atoms with Gasteiger partial charge in [-0.15, -0.1) is 0 Å². The van der Waals surface area contributed by atoms with Gasteiger partial charge in [0.05, 0.1) is 17.1 Å². The molecular formula is C34H28BrN3. The van der Waals surface area contributed by atoms with E-state index in [1.54, 1.807) is 0 Å². The van der Waals surface area contributed by atoms with Gasteiger partial charge in [-0.3, -0.25) is 4.90 Å².